The van der Waals surface area contributed by atoms with Gasteiger partial charge in [-0.1, -0.05) is 255 Å². The first-order valence-corrected chi connectivity index (χ1v) is 32.9. The van der Waals surface area contributed by atoms with Crippen LogP contribution in [0.15, 0.2) is 158 Å². The van der Waals surface area contributed by atoms with E-state index in [4.69, 9.17) is 9.05 Å². The zero-order valence-corrected chi connectivity index (χ0v) is 51.9. The van der Waals surface area contributed by atoms with Crippen molar-refractivity contribution in [1.29, 1.82) is 0 Å². The van der Waals surface area contributed by atoms with Crippen LogP contribution >= 0.6 is 7.82 Å². The lowest BCUT2D eigenvalue weighted by Crippen LogP contribution is -2.45. The van der Waals surface area contributed by atoms with E-state index in [9.17, 15) is 19.4 Å². The third-order valence-corrected chi connectivity index (χ3v) is 13.9. The fourth-order valence-electron chi connectivity index (χ4n) is 8.10. The van der Waals surface area contributed by atoms with Gasteiger partial charge in [-0.2, -0.15) is 0 Å². The number of likely N-dealkylation sites (N-methyl/N-ethyl adjacent to an activating group) is 1. The molecule has 448 valence electrons. The summed E-state index contributed by atoms with van der Waals surface area (Å²) in [7, 11) is 1.52. The average Bonchev–Trinajstić information content (AvgIpc) is 3.42. The van der Waals surface area contributed by atoms with Crippen LogP contribution in [0.3, 0.4) is 0 Å². The molecule has 0 saturated carbocycles. The van der Waals surface area contributed by atoms with E-state index in [0.717, 1.165) is 122 Å². The Kier molecular flexibility index (Phi) is 55.9. The molecule has 3 unspecified atom stereocenters. The zero-order valence-electron chi connectivity index (χ0n) is 51.0. The van der Waals surface area contributed by atoms with E-state index in [2.05, 4.69) is 165 Å². The first kappa shape index (κ1) is 75.1. The number of amides is 1. The van der Waals surface area contributed by atoms with Crippen molar-refractivity contribution in [3.05, 3.63) is 158 Å². The highest BCUT2D eigenvalue weighted by Crippen LogP contribution is 2.43. The van der Waals surface area contributed by atoms with Crippen molar-refractivity contribution in [3.63, 3.8) is 0 Å². The summed E-state index contributed by atoms with van der Waals surface area (Å²) >= 11 is 0. The van der Waals surface area contributed by atoms with Crippen molar-refractivity contribution in [2.75, 3.05) is 40.9 Å². The Morgan fingerprint density at radius 3 is 1.16 bits per heavy atom. The zero-order chi connectivity index (χ0) is 57.7. The predicted molar refractivity (Wildman–Crippen MR) is 345 cm³/mol. The van der Waals surface area contributed by atoms with Crippen LogP contribution in [-0.4, -0.2) is 73.4 Å². The Labute approximate surface area is 486 Å². The van der Waals surface area contributed by atoms with Crippen LogP contribution in [0.25, 0.3) is 0 Å². The van der Waals surface area contributed by atoms with Gasteiger partial charge < -0.3 is 19.8 Å². The number of carbonyl (C=O) groups excluding carboxylic acids is 1. The minimum atomic E-state index is -4.37. The second-order valence-corrected chi connectivity index (χ2v) is 23.1. The monoisotopic (exact) mass is 1110 g/mol. The highest BCUT2D eigenvalue weighted by atomic mass is 31.2. The predicted octanol–water partition coefficient (Wildman–Crippen LogP) is 19.8. The molecule has 0 aromatic heterocycles. The molecule has 0 heterocycles. The van der Waals surface area contributed by atoms with E-state index in [1.165, 1.54) is 83.5 Å². The van der Waals surface area contributed by atoms with Gasteiger partial charge in [0.1, 0.15) is 13.2 Å². The van der Waals surface area contributed by atoms with E-state index >= 15 is 0 Å². The number of phosphoric ester groups is 1. The normalized spacial score (nSPS) is 14.9. The van der Waals surface area contributed by atoms with Crippen molar-refractivity contribution in [3.8, 4) is 0 Å². The number of aliphatic hydroxyl groups is 1. The van der Waals surface area contributed by atoms with Gasteiger partial charge in [0.05, 0.1) is 39.9 Å². The number of unbranched alkanes of at least 4 members (excludes halogenated alkanes) is 18. The number of nitrogens with zero attached hydrogens (tertiary/aromatic N) is 1. The summed E-state index contributed by atoms with van der Waals surface area (Å²) in [5.41, 5.74) is 0. The maximum absolute atomic E-state index is 13.0. The van der Waals surface area contributed by atoms with Crippen molar-refractivity contribution in [1.82, 2.24) is 5.32 Å². The molecular formula is C70H118N2O6P+. The molecule has 0 aliphatic heterocycles. The summed E-state index contributed by atoms with van der Waals surface area (Å²) in [6, 6.07) is -0.886. The number of hydrogen-bond donors (Lipinski definition) is 3. The van der Waals surface area contributed by atoms with Gasteiger partial charge in [0, 0.05) is 6.42 Å². The van der Waals surface area contributed by atoms with E-state index in [0.29, 0.717) is 17.4 Å². The number of rotatable bonds is 55. The molecule has 1 amide bonds. The van der Waals surface area contributed by atoms with Crippen LogP contribution in [0.5, 0.6) is 0 Å². The lowest BCUT2D eigenvalue weighted by atomic mass is 10.1. The van der Waals surface area contributed by atoms with Gasteiger partial charge in [-0.05, 0) is 122 Å². The Morgan fingerprint density at radius 1 is 0.443 bits per heavy atom. The topological polar surface area (TPSA) is 105 Å². The van der Waals surface area contributed by atoms with E-state index in [1.807, 2.05) is 27.2 Å². The highest BCUT2D eigenvalue weighted by Gasteiger charge is 2.27. The van der Waals surface area contributed by atoms with Gasteiger partial charge in [-0.15, -0.1) is 0 Å². The van der Waals surface area contributed by atoms with Crippen LogP contribution in [0.1, 0.15) is 226 Å². The maximum atomic E-state index is 13.0. The summed E-state index contributed by atoms with van der Waals surface area (Å²) in [4.78, 5) is 23.3. The maximum Gasteiger partial charge on any atom is 0.472 e. The van der Waals surface area contributed by atoms with Crippen LogP contribution in [0.2, 0.25) is 0 Å². The number of allylic oxidation sites excluding steroid dienone is 25. The van der Waals surface area contributed by atoms with Crippen LogP contribution in [-0.2, 0) is 18.4 Å². The summed E-state index contributed by atoms with van der Waals surface area (Å²) in [5.74, 6) is -0.206. The molecule has 3 N–H and O–H groups in total. The molecule has 0 saturated heterocycles. The van der Waals surface area contributed by atoms with Crippen molar-refractivity contribution in [2.45, 2.75) is 238 Å². The molecular weight excluding hydrogens is 996 g/mol. The molecule has 0 fully saturated rings. The van der Waals surface area contributed by atoms with Crippen LogP contribution < -0.4 is 5.32 Å². The quantitative estimate of drug-likeness (QED) is 0.0243. The Balaban J connectivity index is 4.22. The summed E-state index contributed by atoms with van der Waals surface area (Å²) < 4.78 is 23.7. The fraction of sp³-hybridized carbons (Fsp3) is 0.614. The average molecular weight is 1110 g/mol. The Bertz CT molecular complexity index is 1840. The molecule has 3 atom stereocenters. The standard InChI is InChI=1S/C70H117N2O6P/c1-6-8-10-12-14-16-18-20-22-24-26-27-28-29-30-31-32-33-34-35-36-37-38-39-40-41-42-43-44-45-46-48-50-52-54-56-58-60-62-64-70(74)71-68(67-78-79(75,76)77-66-65-72(3,4)5)69(73)63-61-59-57-55-53-51-49-47-25-23-21-19-17-15-13-11-9-7-2/h8,10,14,16,20,22,25-27,29-30,32-33,35-36,38-39,41-42,44-45,47,53,55,61,63,68-69,73H,6-7,9,11-13,15,17-19,21,23-24,28,31,34,37,40,43,46,48-52,54,56-60,62,64-67H2,1-5H3,(H-,71,74,75,76)/p+1/b10-8-,16-14-,22-20-,27-26-,30-29-,33-32-,36-35-,39-38-,42-41-,45-44-,47-25+,55-53+,63-61+. The molecule has 0 bridgehead atoms. The molecule has 79 heavy (non-hydrogen) atoms. The van der Waals surface area contributed by atoms with Gasteiger partial charge in [-0.3, -0.25) is 13.8 Å². The lowest BCUT2D eigenvalue weighted by Gasteiger charge is -2.25. The number of hydrogen-bond acceptors (Lipinski definition) is 5. The van der Waals surface area contributed by atoms with Gasteiger partial charge in [0.2, 0.25) is 5.91 Å². The lowest BCUT2D eigenvalue weighted by molar-refractivity contribution is -0.870. The smallest absolute Gasteiger partial charge is 0.387 e. The molecule has 8 nitrogen and oxygen atoms in total. The first-order chi connectivity index (χ1) is 38.5. The molecule has 0 aromatic carbocycles. The highest BCUT2D eigenvalue weighted by molar-refractivity contribution is 7.47. The first-order valence-electron chi connectivity index (χ1n) is 31.4. The molecule has 0 aliphatic rings. The van der Waals surface area contributed by atoms with E-state index in [-0.39, 0.29) is 19.1 Å². The third-order valence-electron chi connectivity index (χ3n) is 13.0. The number of aliphatic hydroxyl groups excluding tert-OH is 1. The number of quaternary nitrogens is 1. The minimum absolute atomic E-state index is 0.0437. The molecule has 0 aromatic rings. The third kappa shape index (κ3) is 61.6. The summed E-state index contributed by atoms with van der Waals surface area (Å²) in [5, 5.41) is 13.9. The van der Waals surface area contributed by atoms with Gasteiger partial charge in [-0.25, -0.2) is 4.57 Å². The number of carbonyl (C=O) groups is 1. The largest absolute Gasteiger partial charge is 0.472 e. The number of phosphoric acid groups is 1. The van der Waals surface area contributed by atoms with Gasteiger partial charge in [0.15, 0.2) is 0 Å². The van der Waals surface area contributed by atoms with Crippen molar-refractivity contribution >= 4 is 13.7 Å². The van der Waals surface area contributed by atoms with E-state index in [1.54, 1.807) is 6.08 Å². The van der Waals surface area contributed by atoms with Gasteiger partial charge >= 0.3 is 7.82 Å². The summed E-state index contributed by atoms with van der Waals surface area (Å²) in [6.45, 7) is 4.64. The Hall–Kier alpha value is -3.88. The molecule has 0 aliphatic carbocycles. The second kappa shape index (κ2) is 58.8. The SMILES string of the molecule is CC/C=C\C/C=C\C/C=C\C/C=C\C/C=C\C/C=C\C/C=C\C/C=C\C/C=C\C/C=C\CCCCCCCCCCC(=O)NC(COP(=O)(O)OCC[N+](C)(C)C)C(O)/C=C/CC/C=C/CC/C=C/CCCCCCCCCC. The van der Waals surface area contributed by atoms with Gasteiger partial charge in [0.25, 0.3) is 0 Å². The Morgan fingerprint density at radius 2 is 0.772 bits per heavy atom. The van der Waals surface area contributed by atoms with Crippen molar-refractivity contribution in [2.24, 2.45) is 0 Å². The molecule has 0 rings (SSSR count). The number of nitrogens with one attached hydrogen (secondary N) is 1. The second-order valence-electron chi connectivity index (χ2n) is 21.7. The van der Waals surface area contributed by atoms with Crippen molar-refractivity contribution < 1.29 is 32.9 Å². The minimum Gasteiger partial charge on any atom is -0.387 e. The van der Waals surface area contributed by atoms with Crippen LogP contribution in [0, 0.1) is 0 Å². The van der Waals surface area contributed by atoms with E-state index < -0.39 is 20.0 Å². The molecule has 0 spiro atoms. The fourth-order valence-corrected chi connectivity index (χ4v) is 8.84. The molecule has 9 heteroatoms. The summed E-state index contributed by atoms with van der Waals surface area (Å²) in [6.07, 6.45) is 92.2. The molecule has 0 radical (unpaired) electrons. The van der Waals surface area contributed by atoms with Crippen LogP contribution in [0.4, 0.5) is 0 Å².